The lowest BCUT2D eigenvalue weighted by molar-refractivity contribution is 0.0757. The van der Waals surface area contributed by atoms with Crippen molar-refractivity contribution in [1.82, 2.24) is 4.90 Å². The quantitative estimate of drug-likeness (QED) is 0.823. The van der Waals surface area contributed by atoms with Gasteiger partial charge in [0, 0.05) is 23.1 Å². The molecule has 1 aliphatic rings. The van der Waals surface area contributed by atoms with Gasteiger partial charge in [0.2, 0.25) is 0 Å². The number of hydrogen-bond acceptors (Lipinski definition) is 1. The Morgan fingerprint density at radius 1 is 1.53 bits per heavy atom. The first-order valence-electron chi connectivity index (χ1n) is 5.86. The molecule has 0 heterocycles. The van der Waals surface area contributed by atoms with E-state index in [0.717, 1.165) is 17.6 Å². The molecule has 1 aliphatic carbocycles. The van der Waals surface area contributed by atoms with Crippen molar-refractivity contribution in [2.75, 3.05) is 13.1 Å². The van der Waals surface area contributed by atoms with Gasteiger partial charge in [0.15, 0.2) is 0 Å². The maximum atomic E-state index is 12.3. The van der Waals surface area contributed by atoms with Crippen LogP contribution in [0.25, 0.3) is 0 Å². The lowest BCUT2D eigenvalue weighted by Crippen LogP contribution is -2.32. The molecule has 1 fully saturated rings. The molecule has 0 spiro atoms. The van der Waals surface area contributed by atoms with Crippen LogP contribution in [-0.4, -0.2) is 23.9 Å². The number of nitrogens with zero attached hydrogens (tertiary/aromatic N) is 1. The second-order valence-electron chi connectivity index (χ2n) is 4.42. The zero-order chi connectivity index (χ0) is 12.4. The van der Waals surface area contributed by atoms with Crippen molar-refractivity contribution in [2.45, 2.75) is 19.8 Å². The highest BCUT2D eigenvalue weighted by Gasteiger charge is 2.26. The van der Waals surface area contributed by atoms with Gasteiger partial charge < -0.3 is 4.90 Å². The maximum Gasteiger partial charge on any atom is 0.253 e. The van der Waals surface area contributed by atoms with Gasteiger partial charge in [-0.05, 0) is 59.8 Å². The number of amides is 1. The van der Waals surface area contributed by atoms with Gasteiger partial charge in [-0.1, -0.05) is 11.6 Å². The summed E-state index contributed by atoms with van der Waals surface area (Å²) in [5.41, 5.74) is 0.667. The summed E-state index contributed by atoms with van der Waals surface area (Å²) in [7, 11) is 0. The highest BCUT2D eigenvalue weighted by molar-refractivity contribution is 9.10. The van der Waals surface area contributed by atoms with Gasteiger partial charge >= 0.3 is 0 Å². The molecule has 0 radical (unpaired) electrons. The molecular formula is C13H15BrClNO. The van der Waals surface area contributed by atoms with Crippen molar-refractivity contribution >= 4 is 33.4 Å². The molecule has 0 N–H and O–H groups in total. The number of carbonyl (C=O) groups excluding carboxylic acids is 1. The zero-order valence-electron chi connectivity index (χ0n) is 9.75. The number of benzene rings is 1. The lowest BCUT2D eigenvalue weighted by atomic mass is 10.2. The monoisotopic (exact) mass is 315 g/mol. The second kappa shape index (κ2) is 5.40. The third kappa shape index (κ3) is 3.23. The van der Waals surface area contributed by atoms with E-state index in [1.165, 1.54) is 12.8 Å². The largest absolute Gasteiger partial charge is 0.339 e. The van der Waals surface area contributed by atoms with Crippen LogP contribution in [0.15, 0.2) is 22.7 Å². The molecule has 1 aromatic carbocycles. The van der Waals surface area contributed by atoms with E-state index < -0.39 is 0 Å². The van der Waals surface area contributed by atoms with Crippen molar-refractivity contribution in [3.8, 4) is 0 Å². The number of carbonyl (C=O) groups is 1. The van der Waals surface area contributed by atoms with Crippen LogP contribution in [0.5, 0.6) is 0 Å². The molecule has 0 atom stereocenters. The van der Waals surface area contributed by atoms with E-state index in [1.807, 2.05) is 24.0 Å². The van der Waals surface area contributed by atoms with Gasteiger partial charge in [0.05, 0.1) is 5.02 Å². The van der Waals surface area contributed by atoms with E-state index in [-0.39, 0.29) is 5.91 Å². The van der Waals surface area contributed by atoms with Gasteiger partial charge in [-0.3, -0.25) is 4.79 Å². The van der Waals surface area contributed by atoms with Gasteiger partial charge in [-0.25, -0.2) is 0 Å². The minimum atomic E-state index is 0.0776. The van der Waals surface area contributed by atoms with Crippen molar-refractivity contribution in [3.05, 3.63) is 33.3 Å². The van der Waals surface area contributed by atoms with Crippen LogP contribution in [0, 0.1) is 5.92 Å². The number of rotatable bonds is 4. The Hall–Kier alpha value is -0.540. The molecule has 0 aromatic heterocycles. The Morgan fingerprint density at radius 3 is 2.76 bits per heavy atom. The molecule has 17 heavy (non-hydrogen) atoms. The molecule has 0 unspecified atom stereocenters. The van der Waals surface area contributed by atoms with Crippen molar-refractivity contribution < 1.29 is 4.79 Å². The fourth-order valence-electron chi connectivity index (χ4n) is 1.78. The second-order valence-corrected chi connectivity index (χ2v) is 5.68. The third-order valence-electron chi connectivity index (χ3n) is 3.01. The van der Waals surface area contributed by atoms with Crippen molar-refractivity contribution in [2.24, 2.45) is 5.92 Å². The molecule has 1 amide bonds. The van der Waals surface area contributed by atoms with Gasteiger partial charge in [0.25, 0.3) is 5.91 Å². The summed E-state index contributed by atoms with van der Waals surface area (Å²) in [6.07, 6.45) is 2.51. The molecule has 0 saturated heterocycles. The van der Waals surface area contributed by atoms with Gasteiger partial charge in [-0.2, -0.15) is 0 Å². The van der Waals surface area contributed by atoms with Gasteiger partial charge in [0.1, 0.15) is 0 Å². The normalized spacial score (nSPS) is 14.8. The van der Waals surface area contributed by atoms with E-state index in [0.29, 0.717) is 16.5 Å². The van der Waals surface area contributed by atoms with E-state index in [1.54, 1.807) is 6.07 Å². The maximum absolute atomic E-state index is 12.3. The molecule has 2 rings (SSSR count). The van der Waals surface area contributed by atoms with Crippen molar-refractivity contribution in [3.63, 3.8) is 0 Å². The van der Waals surface area contributed by atoms with Crippen LogP contribution in [-0.2, 0) is 0 Å². The van der Waals surface area contributed by atoms with Crippen LogP contribution in [0.3, 0.4) is 0 Å². The minimum Gasteiger partial charge on any atom is -0.339 e. The standard InChI is InChI=1S/C13H15BrClNO/c1-2-16(8-9-3-4-9)13(17)10-5-6-11(14)12(15)7-10/h5-7,9H,2-4,8H2,1H3. The summed E-state index contributed by atoms with van der Waals surface area (Å²) in [5, 5.41) is 0.582. The lowest BCUT2D eigenvalue weighted by Gasteiger charge is -2.20. The molecule has 1 aromatic rings. The third-order valence-corrected chi connectivity index (χ3v) is 4.24. The van der Waals surface area contributed by atoms with E-state index in [4.69, 9.17) is 11.6 Å². The molecule has 1 saturated carbocycles. The fourth-order valence-corrected chi connectivity index (χ4v) is 2.21. The van der Waals surface area contributed by atoms with E-state index in [9.17, 15) is 4.79 Å². The fraction of sp³-hybridized carbons (Fsp3) is 0.462. The topological polar surface area (TPSA) is 20.3 Å². The number of halogens is 2. The molecule has 0 aliphatic heterocycles. The average molecular weight is 317 g/mol. The first-order valence-corrected chi connectivity index (χ1v) is 7.03. The Bertz CT molecular complexity index is 431. The summed E-state index contributed by atoms with van der Waals surface area (Å²) in [5.74, 6) is 0.790. The highest BCUT2D eigenvalue weighted by atomic mass is 79.9. The average Bonchev–Trinajstić information content (AvgIpc) is 3.12. The van der Waals surface area contributed by atoms with Crippen LogP contribution >= 0.6 is 27.5 Å². The molecule has 2 nitrogen and oxygen atoms in total. The Morgan fingerprint density at radius 2 is 2.24 bits per heavy atom. The Kier molecular flexibility index (Phi) is 4.10. The molecule has 4 heteroatoms. The van der Waals surface area contributed by atoms with Crippen LogP contribution in [0.2, 0.25) is 5.02 Å². The van der Waals surface area contributed by atoms with Crippen LogP contribution < -0.4 is 0 Å². The number of hydrogen-bond donors (Lipinski definition) is 0. The first-order chi connectivity index (χ1) is 8.11. The van der Waals surface area contributed by atoms with E-state index >= 15 is 0 Å². The zero-order valence-corrected chi connectivity index (χ0v) is 12.1. The summed E-state index contributed by atoms with van der Waals surface area (Å²) in [6.45, 7) is 3.65. The molecule has 0 bridgehead atoms. The summed E-state index contributed by atoms with van der Waals surface area (Å²) in [6, 6.07) is 5.36. The first kappa shape index (κ1) is 12.9. The predicted octanol–water partition coefficient (Wildman–Crippen LogP) is 3.97. The molecule has 92 valence electrons. The summed E-state index contributed by atoms with van der Waals surface area (Å²) < 4.78 is 0.820. The smallest absolute Gasteiger partial charge is 0.253 e. The van der Waals surface area contributed by atoms with E-state index in [2.05, 4.69) is 15.9 Å². The Labute approximate surface area is 115 Å². The summed E-state index contributed by atoms with van der Waals surface area (Å²) in [4.78, 5) is 14.2. The van der Waals surface area contributed by atoms with Crippen LogP contribution in [0.4, 0.5) is 0 Å². The minimum absolute atomic E-state index is 0.0776. The summed E-state index contributed by atoms with van der Waals surface area (Å²) >= 11 is 9.33. The molecular weight excluding hydrogens is 302 g/mol. The van der Waals surface area contributed by atoms with Crippen LogP contribution in [0.1, 0.15) is 30.1 Å². The van der Waals surface area contributed by atoms with Gasteiger partial charge in [-0.15, -0.1) is 0 Å². The van der Waals surface area contributed by atoms with Crippen molar-refractivity contribution in [1.29, 1.82) is 0 Å². The Balaban J connectivity index is 2.12. The SMILES string of the molecule is CCN(CC1CC1)C(=O)c1ccc(Br)c(Cl)c1. The predicted molar refractivity (Wildman–Crippen MR) is 73.5 cm³/mol. The highest BCUT2D eigenvalue weighted by Crippen LogP contribution is 2.30.